The Morgan fingerprint density at radius 3 is 2.69 bits per heavy atom. The average molecular weight is 397 g/mol. The van der Waals surface area contributed by atoms with Crippen LogP contribution >= 0.6 is 0 Å². The number of nitro benzene ring substituents is 1. The minimum atomic E-state index is -0.459. The number of carbonyl (C=O) groups excluding carboxylic acids is 1. The molecule has 1 aromatic heterocycles. The van der Waals surface area contributed by atoms with Crippen LogP contribution in [0.1, 0.15) is 30.8 Å². The summed E-state index contributed by atoms with van der Waals surface area (Å²) in [7, 11) is 1.66. The Morgan fingerprint density at radius 2 is 2.00 bits per heavy atom. The van der Waals surface area contributed by atoms with Gasteiger partial charge in [-0.05, 0) is 36.8 Å². The molecule has 1 amide bonds. The van der Waals surface area contributed by atoms with Gasteiger partial charge in [-0.1, -0.05) is 12.1 Å². The van der Waals surface area contributed by atoms with Crippen molar-refractivity contribution in [2.45, 2.75) is 25.8 Å². The lowest BCUT2D eigenvalue weighted by Crippen LogP contribution is -2.29. The molecule has 0 N–H and O–H groups in total. The SMILES string of the molecule is CC(c1cccc([N+](=O)[O-])c1)N(C)C(=O)CCc1ncc(-c2ccc(F)cc2)o1. The van der Waals surface area contributed by atoms with Gasteiger partial charge in [-0.3, -0.25) is 14.9 Å². The number of non-ortho nitro benzene ring substituents is 1. The third-order valence-electron chi connectivity index (χ3n) is 4.77. The Bertz CT molecular complexity index is 1020. The number of aromatic nitrogens is 1. The van der Waals surface area contributed by atoms with Crippen LogP contribution < -0.4 is 0 Å². The summed E-state index contributed by atoms with van der Waals surface area (Å²) in [5.74, 6) is 0.449. The van der Waals surface area contributed by atoms with E-state index in [0.717, 1.165) is 0 Å². The van der Waals surface area contributed by atoms with Crippen LogP contribution in [0.2, 0.25) is 0 Å². The van der Waals surface area contributed by atoms with E-state index < -0.39 is 4.92 Å². The van der Waals surface area contributed by atoms with E-state index in [4.69, 9.17) is 4.42 Å². The zero-order valence-corrected chi connectivity index (χ0v) is 16.0. The number of aryl methyl sites for hydroxylation is 1. The number of oxazole rings is 1. The topological polar surface area (TPSA) is 89.5 Å². The summed E-state index contributed by atoms with van der Waals surface area (Å²) in [6.07, 6.45) is 2.04. The van der Waals surface area contributed by atoms with Crippen LogP contribution in [0.3, 0.4) is 0 Å². The predicted molar refractivity (Wildman–Crippen MR) is 104 cm³/mol. The molecule has 0 aliphatic heterocycles. The van der Waals surface area contributed by atoms with Crippen molar-refractivity contribution in [2.24, 2.45) is 0 Å². The van der Waals surface area contributed by atoms with Crippen LogP contribution in [0.5, 0.6) is 0 Å². The fraction of sp³-hybridized carbons (Fsp3) is 0.238. The van der Waals surface area contributed by atoms with E-state index in [1.165, 1.54) is 24.3 Å². The lowest BCUT2D eigenvalue weighted by molar-refractivity contribution is -0.384. The molecule has 2 aromatic carbocycles. The first kappa shape index (κ1) is 20.2. The van der Waals surface area contributed by atoms with Gasteiger partial charge in [0.2, 0.25) is 5.91 Å². The number of rotatable bonds is 7. The average Bonchev–Trinajstić information content (AvgIpc) is 3.20. The molecule has 8 heteroatoms. The van der Waals surface area contributed by atoms with Crippen LogP contribution in [0.25, 0.3) is 11.3 Å². The van der Waals surface area contributed by atoms with Crippen LogP contribution in [0, 0.1) is 15.9 Å². The van der Waals surface area contributed by atoms with Crippen molar-refractivity contribution in [3.8, 4) is 11.3 Å². The summed E-state index contributed by atoms with van der Waals surface area (Å²) >= 11 is 0. The molecule has 0 aliphatic carbocycles. The summed E-state index contributed by atoms with van der Waals surface area (Å²) in [4.78, 5) is 28.8. The van der Waals surface area contributed by atoms with Gasteiger partial charge < -0.3 is 9.32 Å². The standard InChI is InChI=1S/C21H20FN3O4/c1-14(16-4-3-5-18(12-16)25(27)28)24(2)21(26)11-10-20-23-13-19(29-20)15-6-8-17(22)9-7-15/h3-9,12-14H,10-11H2,1-2H3. The molecule has 0 spiro atoms. The molecule has 0 fully saturated rings. The minimum absolute atomic E-state index is 0.0108. The number of hydrogen-bond acceptors (Lipinski definition) is 5. The monoisotopic (exact) mass is 397 g/mol. The summed E-state index contributed by atoms with van der Waals surface area (Å²) in [6, 6.07) is 11.8. The molecule has 150 valence electrons. The molecular weight excluding hydrogens is 377 g/mol. The smallest absolute Gasteiger partial charge is 0.269 e. The van der Waals surface area contributed by atoms with Crippen molar-refractivity contribution in [2.75, 3.05) is 7.05 Å². The molecule has 0 aliphatic rings. The predicted octanol–water partition coefficient (Wildman–Crippen LogP) is 4.54. The lowest BCUT2D eigenvalue weighted by Gasteiger charge is -2.25. The number of halogens is 1. The number of nitro groups is 1. The highest BCUT2D eigenvalue weighted by molar-refractivity contribution is 5.76. The van der Waals surface area contributed by atoms with Gasteiger partial charge in [-0.25, -0.2) is 9.37 Å². The van der Waals surface area contributed by atoms with E-state index >= 15 is 0 Å². The summed E-state index contributed by atoms with van der Waals surface area (Å²) in [6.45, 7) is 1.81. The highest BCUT2D eigenvalue weighted by Crippen LogP contribution is 2.24. The highest BCUT2D eigenvalue weighted by Gasteiger charge is 2.20. The maximum atomic E-state index is 13.0. The molecule has 29 heavy (non-hydrogen) atoms. The van der Waals surface area contributed by atoms with Gasteiger partial charge >= 0.3 is 0 Å². The fourth-order valence-corrected chi connectivity index (χ4v) is 2.90. The summed E-state index contributed by atoms with van der Waals surface area (Å²) < 4.78 is 18.7. The van der Waals surface area contributed by atoms with Crippen LogP contribution in [0.4, 0.5) is 10.1 Å². The number of hydrogen-bond donors (Lipinski definition) is 0. The molecule has 7 nitrogen and oxygen atoms in total. The first-order valence-electron chi connectivity index (χ1n) is 9.06. The quantitative estimate of drug-likeness (QED) is 0.431. The van der Waals surface area contributed by atoms with E-state index in [1.54, 1.807) is 42.4 Å². The minimum Gasteiger partial charge on any atom is -0.441 e. The van der Waals surface area contributed by atoms with E-state index in [1.807, 2.05) is 6.92 Å². The largest absolute Gasteiger partial charge is 0.441 e. The van der Waals surface area contributed by atoms with Crippen LogP contribution in [-0.2, 0) is 11.2 Å². The van der Waals surface area contributed by atoms with Gasteiger partial charge in [-0.2, -0.15) is 0 Å². The molecule has 0 radical (unpaired) electrons. The Hall–Kier alpha value is -3.55. The Morgan fingerprint density at radius 1 is 1.28 bits per heavy atom. The van der Waals surface area contributed by atoms with Crippen molar-refractivity contribution in [3.05, 3.63) is 82.1 Å². The van der Waals surface area contributed by atoms with E-state index in [2.05, 4.69) is 4.98 Å². The molecule has 3 rings (SSSR count). The molecule has 0 saturated carbocycles. The molecule has 1 unspecified atom stereocenters. The summed E-state index contributed by atoms with van der Waals surface area (Å²) in [5, 5.41) is 10.9. The van der Waals surface area contributed by atoms with Crippen LogP contribution in [0.15, 0.2) is 59.1 Å². The zero-order valence-electron chi connectivity index (χ0n) is 16.0. The second kappa shape index (κ2) is 8.64. The Balaban J connectivity index is 1.61. The van der Waals surface area contributed by atoms with Gasteiger partial charge in [0, 0.05) is 37.6 Å². The highest BCUT2D eigenvalue weighted by atomic mass is 19.1. The van der Waals surface area contributed by atoms with Gasteiger partial charge in [0.25, 0.3) is 5.69 Å². The fourth-order valence-electron chi connectivity index (χ4n) is 2.90. The van der Waals surface area contributed by atoms with Gasteiger partial charge in [0.05, 0.1) is 17.2 Å². The molecule has 0 saturated heterocycles. The third-order valence-corrected chi connectivity index (χ3v) is 4.77. The number of amides is 1. The van der Waals surface area contributed by atoms with Gasteiger partial charge in [-0.15, -0.1) is 0 Å². The zero-order chi connectivity index (χ0) is 21.0. The molecule has 1 heterocycles. The maximum Gasteiger partial charge on any atom is 0.269 e. The van der Waals surface area contributed by atoms with Crippen molar-refractivity contribution in [1.82, 2.24) is 9.88 Å². The second-order valence-corrected chi connectivity index (χ2v) is 6.66. The first-order chi connectivity index (χ1) is 13.8. The third kappa shape index (κ3) is 4.84. The van der Waals surface area contributed by atoms with Crippen LogP contribution in [-0.4, -0.2) is 27.8 Å². The lowest BCUT2D eigenvalue weighted by atomic mass is 10.1. The molecule has 3 aromatic rings. The Labute approximate surface area is 166 Å². The second-order valence-electron chi connectivity index (χ2n) is 6.66. The number of carbonyl (C=O) groups is 1. The van der Waals surface area contributed by atoms with Gasteiger partial charge in [0.1, 0.15) is 5.82 Å². The Kier molecular flexibility index (Phi) is 6.01. The number of benzene rings is 2. The van der Waals surface area contributed by atoms with E-state index in [-0.39, 0.29) is 29.9 Å². The van der Waals surface area contributed by atoms with Crippen molar-refractivity contribution < 1.29 is 18.5 Å². The van der Waals surface area contributed by atoms with Crippen molar-refractivity contribution in [3.63, 3.8) is 0 Å². The normalized spacial score (nSPS) is 11.8. The first-order valence-corrected chi connectivity index (χ1v) is 9.06. The van der Waals surface area contributed by atoms with E-state index in [9.17, 15) is 19.3 Å². The molecular formula is C21H20FN3O4. The molecule has 1 atom stereocenters. The summed E-state index contributed by atoms with van der Waals surface area (Å²) in [5.41, 5.74) is 1.38. The van der Waals surface area contributed by atoms with Crippen molar-refractivity contribution in [1.29, 1.82) is 0 Å². The van der Waals surface area contributed by atoms with E-state index in [0.29, 0.717) is 29.2 Å². The molecule has 0 bridgehead atoms. The van der Waals surface area contributed by atoms with Gasteiger partial charge in [0.15, 0.2) is 11.7 Å². The number of nitrogens with zero attached hydrogens (tertiary/aromatic N) is 3. The maximum absolute atomic E-state index is 13.0. The van der Waals surface area contributed by atoms with Crippen molar-refractivity contribution >= 4 is 11.6 Å².